The van der Waals surface area contributed by atoms with Gasteiger partial charge in [-0.25, -0.2) is 9.48 Å². The molecule has 1 unspecified atom stereocenters. The maximum atomic E-state index is 16.2. The van der Waals surface area contributed by atoms with Crippen LogP contribution in [0, 0.1) is 41.3 Å². The summed E-state index contributed by atoms with van der Waals surface area (Å²) in [6.45, 7) is -10.7. The van der Waals surface area contributed by atoms with Gasteiger partial charge in [0.25, 0.3) is 11.7 Å². The number of hydrogen-bond donors (Lipinski definition) is 2. The van der Waals surface area contributed by atoms with Gasteiger partial charge in [0.05, 0.1) is 47.6 Å². The van der Waals surface area contributed by atoms with Gasteiger partial charge in [-0.15, -0.1) is 5.10 Å². The third-order valence-corrected chi connectivity index (χ3v) is 9.50. The highest BCUT2D eigenvalue weighted by Crippen LogP contribution is 2.39. The van der Waals surface area contributed by atoms with Crippen molar-refractivity contribution in [1.82, 2.24) is 25.1 Å². The van der Waals surface area contributed by atoms with Gasteiger partial charge in [-0.3, -0.25) is 19.2 Å². The highest BCUT2D eigenvalue weighted by atomic mass is 16.6. The smallest absolute Gasteiger partial charge is 0.329 e. The molecule has 16 atom stereocenters. The fraction of sp³-hybridized carbons (Fsp3) is 0.736. The van der Waals surface area contributed by atoms with E-state index < -0.39 is 286 Å². The van der Waals surface area contributed by atoms with E-state index in [2.05, 4.69) is 20.3 Å². The molecule has 2 N–H and O–H groups in total. The molecule has 3 aliphatic heterocycles. The molecule has 17 heteroatoms. The number of nitrogens with zero attached hydrogens (tertiary/aromatic N) is 5. The van der Waals surface area contributed by atoms with Gasteiger partial charge in [0.2, 0.25) is 5.79 Å². The minimum atomic E-state index is -6.18. The summed E-state index contributed by atoms with van der Waals surface area (Å²) in [5, 5.41) is 34.2. The van der Waals surface area contributed by atoms with Gasteiger partial charge in [0.15, 0.2) is 5.78 Å². The Kier molecular flexibility index (Phi) is 6.88. The molecule has 1 aliphatic carbocycles. The van der Waals surface area contributed by atoms with Crippen LogP contribution < -0.4 is 0 Å². The van der Waals surface area contributed by atoms with Crippen LogP contribution in [0.4, 0.5) is 0 Å². The lowest BCUT2D eigenvalue weighted by atomic mass is 9.77. The molecule has 3 fully saturated rings. The minimum absolute atomic E-state index is 0.125. The highest BCUT2D eigenvalue weighted by Gasteiger charge is 2.53. The molecule has 5 rings (SSSR count). The van der Waals surface area contributed by atoms with Gasteiger partial charge < -0.3 is 38.8 Å². The Morgan fingerprint density at radius 3 is 2.47 bits per heavy atom. The standard InChI is InChI=1S/C53H81N5O12/c1-31-17-13-12-14-18-32(2)44(66-9)28-40-22-20-36(6)53(65,70-40)50(62)51(63)57-24-16-15-19-42(57)52(64)69-45(34(4)26-39-21-23-41(46(27-39)67-10)58-30-54-55-56-58)29-43(59)33(3)25-35(5)47(60)49(68-11)48(61)38(8)37(31)7/h12-14,17-18,25,30-31,33-34,36-42,44-47,49,60,65H,15-16,19-24,26-29H2,1-11H3/b14-12+,17-13+,32-18+,35-25+/t31-,33-,34-,36-,37?,38-,39+,40+,41+,42+,44+,45+,46-,47-,49-,53-/m1/s1/i2D3,9D3,12D,13D,14D,15D2,16D2,17D,18D,19D2,20D2,21D2,22D2,23D2,24D2,25D,26D2,27D2,28D2,29D2,30D,31D,33D,34D,36D,37D,38D,39D,40D,41D,42D,44D,45D,46D,47D,49D. The molecule has 1 aromatic heterocycles. The Bertz CT molecular complexity index is 4600. The van der Waals surface area contributed by atoms with Crippen molar-refractivity contribution in [3.8, 4) is 0 Å². The quantitative estimate of drug-likeness (QED) is 0.174. The summed E-state index contributed by atoms with van der Waals surface area (Å²) in [4.78, 5) is 76.6. The topological polar surface area (TPSA) is 219 Å². The van der Waals surface area contributed by atoms with Crippen LogP contribution in [-0.4, -0.2) is 141 Å². The van der Waals surface area contributed by atoms with Crippen molar-refractivity contribution in [3.63, 3.8) is 0 Å². The molecule has 0 spiro atoms. The van der Waals surface area contributed by atoms with Crippen LogP contribution in [0.1, 0.15) is 203 Å². The Labute approximate surface area is 487 Å². The van der Waals surface area contributed by atoms with E-state index >= 15 is 24.0 Å². The second kappa shape index (κ2) is 25.9. The first-order chi connectivity index (χ1) is 52.9. The lowest BCUT2D eigenvalue weighted by Gasteiger charge is -2.42. The molecular formula is C53H81N5O12. The van der Waals surface area contributed by atoms with Crippen molar-refractivity contribution in [1.29, 1.82) is 0 Å². The van der Waals surface area contributed by atoms with Crippen LogP contribution >= 0.6 is 0 Å². The van der Waals surface area contributed by atoms with Crippen LogP contribution in [0.25, 0.3) is 0 Å². The van der Waals surface area contributed by atoms with Crippen molar-refractivity contribution >= 4 is 29.2 Å². The summed E-state index contributed by atoms with van der Waals surface area (Å²) in [6.07, 6.45) is -93.5. The summed E-state index contributed by atoms with van der Waals surface area (Å²) in [6, 6.07) is -24.4. The van der Waals surface area contributed by atoms with E-state index in [0.29, 0.717) is 13.8 Å². The van der Waals surface area contributed by atoms with E-state index in [1.54, 1.807) is 0 Å². The highest BCUT2D eigenvalue weighted by molar-refractivity contribution is 6.39. The van der Waals surface area contributed by atoms with Gasteiger partial charge >= 0.3 is 5.97 Å². The zero-order chi connectivity index (χ0) is 97.9. The molecule has 1 amide bonds. The Balaban J connectivity index is 2.28. The van der Waals surface area contributed by atoms with E-state index in [9.17, 15) is 51.3 Å². The van der Waals surface area contributed by atoms with Crippen molar-refractivity contribution in [3.05, 3.63) is 53.8 Å². The monoisotopic (exact) mass is 1030 g/mol. The molecule has 2 saturated heterocycles. The second-order valence-corrected chi connectivity index (χ2v) is 14.0. The Morgan fingerprint density at radius 2 is 1.79 bits per heavy atom. The lowest BCUT2D eigenvalue weighted by molar-refractivity contribution is -0.265. The number of tetrazole rings is 1. The van der Waals surface area contributed by atoms with E-state index in [4.69, 9.17) is 49.1 Å². The van der Waals surface area contributed by atoms with Crippen LogP contribution in [-0.2, 0) is 47.7 Å². The molecule has 1 saturated carbocycles. The zero-order valence-corrected chi connectivity index (χ0v) is 38.2. The number of amides is 1. The summed E-state index contributed by atoms with van der Waals surface area (Å²) < 4.78 is 499. The van der Waals surface area contributed by atoms with Gasteiger partial charge in [-0.1, -0.05) is 77.9 Å². The first kappa shape index (κ1) is 18.6. The number of aromatic nitrogens is 4. The van der Waals surface area contributed by atoms with Crippen molar-refractivity contribution in [2.24, 2.45) is 41.3 Å². The number of methoxy groups -OCH3 is 3. The molecule has 4 heterocycles. The number of carbonyl (C=O) groups is 5. The molecule has 4 aliphatic rings. The van der Waals surface area contributed by atoms with Gasteiger partial charge in [-0.2, -0.15) is 0 Å². The first-order valence-corrected chi connectivity index (χ1v) is 19.6. The molecule has 17 nitrogen and oxygen atoms in total. The number of hydrogen-bond acceptors (Lipinski definition) is 15. The normalized spacial score (nSPS) is 76.5. The predicted molar refractivity (Wildman–Crippen MR) is 261 cm³/mol. The minimum Gasteiger partial charge on any atom is -0.460 e. The number of Topliss-reactive ketones (excluding diaryl/α,β-unsaturated/α-hetero) is 3. The maximum absolute atomic E-state index is 16.2. The van der Waals surface area contributed by atoms with Crippen molar-refractivity contribution < 1.29 is 129 Å². The molecule has 390 valence electrons. The van der Waals surface area contributed by atoms with Crippen LogP contribution in [0.3, 0.4) is 0 Å². The van der Waals surface area contributed by atoms with E-state index in [-0.39, 0.29) is 41.9 Å². The number of fused-ring (bicyclic) bond motifs is 3. The molecule has 0 radical (unpaired) electrons. The first-order valence-electron chi connectivity index (χ1n) is 45.6. The van der Waals surface area contributed by atoms with Crippen LogP contribution in [0.2, 0.25) is 0 Å². The Morgan fingerprint density at radius 1 is 1.01 bits per heavy atom. The summed E-state index contributed by atoms with van der Waals surface area (Å²) in [5.74, 6) is -55.8. The Hall–Kier alpha value is -4.26. The third kappa shape index (κ3) is 13.8. The number of ether oxygens (including phenoxy) is 5. The number of rotatable bonds is 7. The molecule has 2 bridgehead atoms. The number of allylic oxidation sites excluding steroid dienone is 6. The number of carbonyl (C=O) groups excluding carboxylic acids is 5. The van der Waals surface area contributed by atoms with E-state index in [1.807, 2.05) is 0 Å². The van der Waals surface area contributed by atoms with Gasteiger partial charge in [0, 0.05) is 105 Å². The summed E-state index contributed by atoms with van der Waals surface area (Å²) in [7, 11) is -4.47. The fourth-order valence-electron chi connectivity index (χ4n) is 5.47. The summed E-state index contributed by atoms with van der Waals surface area (Å²) in [5.41, 5.74) is -4.88. The number of cyclic esters (lactones) is 1. The van der Waals surface area contributed by atoms with Crippen molar-refractivity contribution in [2.75, 3.05) is 27.8 Å². The molecule has 1 aromatic rings. The largest absolute Gasteiger partial charge is 0.460 e. The SMILES string of the molecule is [2H]C1=C([2H])\C([2H])=C(/C([2H])([2H])[2H])[C@@]([2H])(OC([2H])([2H])[2H])C([2H])([2H])[C@@]2([2H])O[C@@](O)(C(=O)C(=O)N3C([2H])([2H])C([2H])([2H])C([2H])([2H])C([2H])([2H])[C@@]3([2H])C(=O)O[C@]([2H])([C@]([2H])(C)C([2H])([2H])[C@]3([2H])C([2H])([2H])C([2H])([2H])[C@]([2H])(n4nnnc4[2H])[C@]([2H])(OC)C3([2H])[2H])C([2H])([2H])C(=O)[C@]([2H])(C)/C([2H])=C(\C)[C@@]([2H])(O)[C@@]([2H])(OC)C(=O)[C@]([2H])(C)C([2H])(C)[C@]([2H])(C)\C([2H])=C\1[2H])[C@]([2H])(C)C([2H])([2H])C2([2H])[2H]. The zero-order valence-electron chi connectivity index (χ0n) is 90.2. The molecule has 0 aromatic carbocycles. The van der Waals surface area contributed by atoms with Crippen molar-refractivity contribution in [2.45, 2.75) is 180 Å². The summed E-state index contributed by atoms with van der Waals surface area (Å²) >= 11 is 0. The van der Waals surface area contributed by atoms with E-state index in [1.165, 1.54) is 0 Å². The maximum Gasteiger partial charge on any atom is 0.329 e. The fourth-order valence-corrected chi connectivity index (χ4v) is 5.47. The third-order valence-electron chi connectivity index (χ3n) is 9.50. The van der Waals surface area contributed by atoms with E-state index in [0.717, 1.165) is 0 Å². The number of ketones is 3. The average molecular weight is 1030 g/mol. The van der Waals surface area contributed by atoms with Gasteiger partial charge in [-0.05, 0) is 116 Å². The number of esters is 1. The number of piperidine rings is 1. The number of aliphatic hydroxyl groups is 2. The predicted octanol–water partition coefficient (Wildman–Crippen LogP) is 6.29. The van der Waals surface area contributed by atoms with Crippen LogP contribution in [0.5, 0.6) is 0 Å². The lowest BCUT2D eigenvalue weighted by Crippen LogP contribution is -2.61. The average Bonchev–Trinajstić information content (AvgIpc) is 0.880. The van der Waals surface area contributed by atoms with Crippen LogP contribution in [0.15, 0.2) is 53.8 Å². The molecule has 70 heavy (non-hydrogen) atoms. The molecular weight excluding hydrogens is 899 g/mol. The second-order valence-electron chi connectivity index (χ2n) is 14.0. The van der Waals surface area contributed by atoms with Gasteiger partial charge in [0.1, 0.15) is 37.7 Å².